The number of nitrogens with one attached hydrogen (secondary N) is 1. The lowest BCUT2D eigenvalue weighted by Crippen LogP contribution is -2.54. The molecule has 1 fully saturated rings. The van der Waals surface area contributed by atoms with E-state index >= 15 is 0 Å². The predicted molar refractivity (Wildman–Crippen MR) is 127 cm³/mol. The highest BCUT2D eigenvalue weighted by Crippen LogP contribution is 2.42. The van der Waals surface area contributed by atoms with Crippen LogP contribution in [0.5, 0.6) is 11.5 Å². The fraction of sp³-hybridized carbons (Fsp3) is 0.190. The molecular formula is C21H18Br2N2O4S. The highest BCUT2D eigenvalue weighted by atomic mass is 79.9. The van der Waals surface area contributed by atoms with Crippen molar-refractivity contribution in [1.29, 1.82) is 0 Å². The van der Waals surface area contributed by atoms with Gasteiger partial charge >= 0.3 is 0 Å². The summed E-state index contributed by atoms with van der Waals surface area (Å²) >= 11 is 11.9. The van der Waals surface area contributed by atoms with Crippen LogP contribution in [0.3, 0.4) is 0 Å². The molecule has 1 saturated heterocycles. The SMILES string of the molecule is CCOc1cc(/C=C2\C(=O)NC(=S)N(c3ccc(CC)cc3)C2=O)c(Br)c(Br)c1O. The van der Waals surface area contributed by atoms with Gasteiger partial charge in [-0.15, -0.1) is 0 Å². The number of phenolic OH excluding ortho intramolecular Hbond substituents is 1. The molecule has 0 aliphatic carbocycles. The number of benzene rings is 2. The molecule has 156 valence electrons. The summed E-state index contributed by atoms with van der Waals surface area (Å²) < 4.78 is 6.27. The Morgan fingerprint density at radius 1 is 1.17 bits per heavy atom. The first kappa shape index (κ1) is 22.5. The molecule has 6 nitrogen and oxygen atoms in total. The van der Waals surface area contributed by atoms with Gasteiger partial charge in [-0.3, -0.25) is 19.8 Å². The van der Waals surface area contributed by atoms with Crippen molar-refractivity contribution in [2.24, 2.45) is 0 Å². The van der Waals surface area contributed by atoms with Crippen molar-refractivity contribution in [2.75, 3.05) is 11.5 Å². The van der Waals surface area contributed by atoms with Crippen molar-refractivity contribution in [3.05, 3.63) is 56.0 Å². The number of rotatable bonds is 5. The van der Waals surface area contributed by atoms with E-state index in [0.717, 1.165) is 12.0 Å². The second-order valence-electron chi connectivity index (χ2n) is 6.35. The Balaban J connectivity index is 2.06. The fourth-order valence-corrected chi connectivity index (χ4v) is 4.03. The van der Waals surface area contributed by atoms with Crippen molar-refractivity contribution in [2.45, 2.75) is 20.3 Å². The summed E-state index contributed by atoms with van der Waals surface area (Å²) in [6.07, 6.45) is 2.30. The van der Waals surface area contributed by atoms with Crippen LogP contribution < -0.4 is 15.0 Å². The molecule has 1 heterocycles. The Labute approximate surface area is 196 Å². The molecule has 3 rings (SSSR count). The van der Waals surface area contributed by atoms with E-state index in [1.807, 2.05) is 19.1 Å². The first-order valence-corrected chi connectivity index (χ1v) is 11.1. The maximum absolute atomic E-state index is 13.2. The zero-order valence-corrected chi connectivity index (χ0v) is 20.2. The first-order valence-electron chi connectivity index (χ1n) is 9.12. The first-order chi connectivity index (χ1) is 14.3. The van der Waals surface area contributed by atoms with Gasteiger partial charge in [-0.05, 0) is 92.8 Å². The molecule has 1 aliphatic heterocycles. The summed E-state index contributed by atoms with van der Waals surface area (Å²) in [6.45, 7) is 4.16. The molecule has 0 bridgehead atoms. The lowest BCUT2D eigenvalue weighted by atomic mass is 10.1. The molecule has 0 radical (unpaired) electrons. The molecular weight excluding hydrogens is 536 g/mol. The van der Waals surface area contributed by atoms with E-state index in [4.69, 9.17) is 17.0 Å². The molecule has 30 heavy (non-hydrogen) atoms. The molecule has 0 atom stereocenters. The quantitative estimate of drug-likeness (QED) is 0.318. The largest absolute Gasteiger partial charge is 0.503 e. The average molecular weight is 554 g/mol. The van der Waals surface area contributed by atoms with E-state index in [-0.39, 0.29) is 22.2 Å². The number of aromatic hydroxyl groups is 1. The number of phenols is 1. The number of hydrogen-bond acceptors (Lipinski definition) is 5. The molecule has 2 N–H and O–H groups in total. The Kier molecular flexibility index (Phi) is 6.95. The van der Waals surface area contributed by atoms with Crippen LogP contribution in [0.25, 0.3) is 6.08 Å². The van der Waals surface area contributed by atoms with Crippen molar-refractivity contribution in [3.63, 3.8) is 0 Å². The van der Waals surface area contributed by atoms with Gasteiger partial charge in [-0.25, -0.2) is 0 Å². The third kappa shape index (κ3) is 4.28. The van der Waals surface area contributed by atoms with Gasteiger partial charge in [0.05, 0.1) is 16.8 Å². The van der Waals surface area contributed by atoms with Gasteiger partial charge in [0.2, 0.25) is 0 Å². The fourth-order valence-electron chi connectivity index (χ4n) is 2.91. The van der Waals surface area contributed by atoms with Gasteiger partial charge in [-0.1, -0.05) is 19.1 Å². The average Bonchev–Trinajstić information content (AvgIpc) is 2.73. The summed E-state index contributed by atoms with van der Waals surface area (Å²) in [5.41, 5.74) is 2.07. The number of aryl methyl sites for hydroxylation is 1. The maximum atomic E-state index is 13.2. The van der Waals surface area contributed by atoms with Crippen LogP contribution >= 0.6 is 44.1 Å². The number of ether oxygens (including phenoxy) is 1. The van der Waals surface area contributed by atoms with E-state index in [1.165, 1.54) is 11.0 Å². The smallest absolute Gasteiger partial charge is 0.270 e. The minimum Gasteiger partial charge on any atom is -0.503 e. The predicted octanol–water partition coefficient (Wildman–Crippen LogP) is 4.71. The summed E-state index contributed by atoms with van der Waals surface area (Å²) in [5, 5.41) is 12.8. The van der Waals surface area contributed by atoms with Crippen LogP contribution in [0, 0.1) is 0 Å². The van der Waals surface area contributed by atoms with Gasteiger partial charge in [0, 0.05) is 4.47 Å². The van der Waals surface area contributed by atoms with Crippen LogP contribution in [0.4, 0.5) is 5.69 Å². The molecule has 0 unspecified atom stereocenters. The lowest BCUT2D eigenvalue weighted by molar-refractivity contribution is -0.122. The monoisotopic (exact) mass is 552 g/mol. The Bertz CT molecular complexity index is 1070. The van der Waals surface area contributed by atoms with E-state index in [2.05, 4.69) is 37.2 Å². The number of amides is 2. The van der Waals surface area contributed by atoms with Crippen LogP contribution in [0.15, 0.2) is 44.9 Å². The van der Waals surface area contributed by atoms with Crippen molar-refractivity contribution in [3.8, 4) is 11.5 Å². The summed E-state index contributed by atoms with van der Waals surface area (Å²) in [7, 11) is 0. The normalized spacial score (nSPS) is 15.5. The number of carbonyl (C=O) groups excluding carboxylic acids is 2. The second kappa shape index (κ2) is 9.28. The zero-order valence-electron chi connectivity index (χ0n) is 16.2. The molecule has 2 aromatic rings. The number of hydrogen-bond donors (Lipinski definition) is 2. The molecule has 0 aromatic heterocycles. The van der Waals surface area contributed by atoms with Crippen LogP contribution in [-0.2, 0) is 16.0 Å². The number of halogens is 2. The Morgan fingerprint density at radius 3 is 2.43 bits per heavy atom. The third-order valence-electron chi connectivity index (χ3n) is 4.48. The Hall–Kier alpha value is -2.23. The van der Waals surface area contributed by atoms with E-state index in [0.29, 0.717) is 26.8 Å². The molecule has 9 heteroatoms. The maximum Gasteiger partial charge on any atom is 0.270 e. The van der Waals surface area contributed by atoms with Crippen molar-refractivity contribution < 1.29 is 19.4 Å². The van der Waals surface area contributed by atoms with E-state index < -0.39 is 11.8 Å². The second-order valence-corrected chi connectivity index (χ2v) is 8.32. The minimum atomic E-state index is -0.597. The van der Waals surface area contributed by atoms with Gasteiger partial charge < -0.3 is 9.84 Å². The third-order valence-corrected chi connectivity index (χ3v) is 6.92. The summed E-state index contributed by atoms with van der Waals surface area (Å²) in [5.74, 6) is -0.989. The van der Waals surface area contributed by atoms with Crippen LogP contribution in [0.2, 0.25) is 0 Å². The van der Waals surface area contributed by atoms with Crippen LogP contribution in [-0.4, -0.2) is 28.6 Å². The van der Waals surface area contributed by atoms with Gasteiger partial charge in [0.25, 0.3) is 11.8 Å². The van der Waals surface area contributed by atoms with E-state index in [1.54, 1.807) is 25.1 Å². The number of nitrogens with zero attached hydrogens (tertiary/aromatic N) is 1. The molecule has 1 aliphatic rings. The minimum absolute atomic E-state index is 0.0207. The highest BCUT2D eigenvalue weighted by molar-refractivity contribution is 9.13. The van der Waals surface area contributed by atoms with Gasteiger partial charge in [0.1, 0.15) is 5.57 Å². The molecule has 2 amide bonds. The van der Waals surface area contributed by atoms with Crippen molar-refractivity contribution >= 4 is 72.8 Å². The lowest BCUT2D eigenvalue weighted by Gasteiger charge is -2.29. The number of carbonyl (C=O) groups is 2. The number of thiocarbonyl (C=S) groups is 1. The molecule has 0 spiro atoms. The topological polar surface area (TPSA) is 78.9 Å². The number of anilines is 1. The Morgan fingerprint density at radius 2 is 1.83 bits per heavy atom. The van der Waals surface area contributed by atoms with Crippen molar-refractivity contribution in [1.82, 2.24) is 5.32 Å². The summed E-state index contributed by atoms with van der Waals surface area (Å²) in [4.78, 5) is 27.0. The standard InChI is InChI=1S/C21H18Br2N2O4S/c1-3-11-5-7-13(8-6-11)25-20(28)14(19(27)24-21(25)30)9-12-10-15(29-4-2)18(26)17(23)16(12)22/h5-10,26H,3-4H2,1-2H3,(H,24,27,30)/b14-9+. The molecule has 0 saturated carbocycles. The van der Waals surface area contributed by atoms with E-state index in [9.17, 15) is 14.7 Å². The van der Waals surface area contributed by atoms with Gasteiger partial charge in [-0.2, -0.15) is 0 Å². The zero-order chi connectivity index (χ0) is 22.0. The van der Waals surface area contributed by atoms with Crippen LogP contribution in [0.1, 0.15) is 25.0 Å². The molecule has 2 aromatic carbocycles. The highest BCUT2D eigenvalue weighted by Gasteiger charge is 2.34. The van der Waals surface area contributed by atoms with Gasteiger partial charge in [0.15, 0.2) is 16.6 Å². The summed E-state index contributed by atoms with van der Waals surface area (Å²) in [6, 6.07) is 8.95.